The molecule has 1 saturated carbocycles. The number of rotatable bonds is 3. The van der Waals surface area contributed by atoms with E-state index in [-0.39, 0.29) is 17.5 Å². The molecule has 0 aromatic heterocycles. The van der Waals surface area contributed by atoms with E-state index in [1.54, 1.807) is 6.07 Å². The number of anilines is 1. The van der Waals surface area contributed by atoms with Gasteiger partial charge in [-0.3, -0.25) is 14.9 Å². The van der Waals surface area contributed by atoms with Gasteiger partial charge in [0.1, 0.15) is 6.07 Å². The molecule has 1 aliphatic carbocycles. The first-order valence-corrected chi connectivity index (χ1v) is 8.82. The van der Waals surface area contributed by atoms with E-state index in [0.29, 0.717) is 24.3 Å². The number of non-ortho nitro benzene ring substituents is 1. The topological polar surface area (TPSA) is 90.5 Å². The van der Waals surface area contributed by atoms with E-state index < -0.39 is 4.92 Å². The van der Waals surface area contributed by atoms with E-state index in [4.69, 9.17) is 0 Å². The van der Waals surface area contributed by atoms with Crippen LogP contribution in [-0.4, -0.2) is 41.9 Å². The Morgan fingerprint density at radius 2 is 1.92 bits per heavy atom. The summed E-state index contributed by atoms with van der Waals surface area (Å²) in [5.41, 5.74) is 0.946. The van der Waals surface area contributed by atoms with E-state index in [2.05, 4.69) is 11.0 Å². The average molecular weight is 342 g/mol. The Morgan fingerprint density at radius 3 is 2.60 bits per heavy atom. The Morgan fingerprint density at radius 1 is 1.16 bits per heavy atom. The number of amides is 1. The SMILES string of the molecule is N#Cc1cc([N+](=O)[O-])ccc1N1CCCN(C(=O)C2CCCC2)CC1. The molecule has 1 amide bonds. The van der Waals surface area contributed by atoms with E-state index in [1.807, 2.05) is 4.90 Å². The Kier molecular flexibility index (Phi) is 5.17. The van der Waals surface area contributed by atoms with Crippen molar-refractivity contribution >= 4 is 17.3 Å². The lowest BCUT2D eigenvalue weighted by atomic mass is 10.1. The standard InChI is InChI=1S/C18H22N4O3/c19-13-15-12-16(22(24)25)6-7-17(15)20-8-3-9-21(11-10-20)18(23)14-4-1-2-5-14/h6-7,12,14H,1-5,8-11H2. The molecule has 1 aromatic rings. The van der Waals surface area contributed by atoms with Crippen molar-refractivity contribution < 1.29 is 9.72 Å². The van der Waals surface area contributed by atoms with Crippen molar-refractivity contribution in [2.24, 2.45) is 5.92 Å². The van der Waals surface area contributed by atoms with Crippen molar-refractivity contribution in [1.82, 2.24) is 4.90 Å². The highest BCUT2D eigenvalue weighted by Crippen LogP contribution is 2.28. The molecule has 7 heteroatoms. The molecule has 0 atom stereocenters. The van der Waals surface area contributed by atoms with Gasteiger partial charge in [0, 0.05) is 44.2 Å². The molecule has 0 N–H and O–H groups in total. The first-order chi connectivity index (χ1) is 12.1. The summed E-state index contributed by atoms with van der Waals surface area (Å²) in [4.78, 5) is 27.0. The number of nitro groups is 1. The van der Waals surface area contributed by atoms with Crippen LogP contribution in [0.25, 0.3) is 0 Å². The van der Waals surface area contributed by atoms with Gasteiger partial charge >= 0.3 is 0 Å². The van der Waals surface area contributed by atoms with Crippen LogP contribution in [-0.2, 0) is 4.79 Å². The van der Waals surface area contributed by atoms with Gasteiger partial charge in [0.05, 0.1) is 16.2 Å². The molecule has 2 aliphatic rings. The zero-order valence-electron chi connectivity index (χ0n) is 14.2. The van der Waals surface area contributed by atoms with Crippen LogP contribution in [0.1, 0.15) is 37.7 Å². The van der Waals surface area contributed by atoms with Gasteiger partial charge in [0.25, 0.3) is 5.69 Å². The fourth-order valence-electron chi connectivity index (χ4n) is 3.81. The van der Waals surface area contributed by atoms with Gasteiger partial charge in [-0.25, -0.2) is 0 Å². The minimum atomic E-state index is -0.491. The van der Waals surface area contributed by atoms with E-state index in [0.717, 1.165) is 45.2 Å². The average Bonchev–Trinajstić information content (AvgIpc) is 3.05. The molecule has 0 bridgehead atoms. The summed E-state index contributed by atoms with van der Waals surface area (Å²) in [7, 11) is 0. The summed E-state index contributed by atoms with van der Waals surface area (Å²) >= 11 is 0. The first-order valence-electron chi connectivity index (χ1n) is 8.82. The van der Waals surface area contributed by atoms with Gasteiger partial charge in [-0.15, -0.1) is 0 Å². The monoisotopic (exact) mass is 342 g/mol. The van der Waals surface area contributed by atoms with Gasteiger partial charge < -0.3 is 9.80 Å². The maximum absolute atomic E-state index is 12.6. The Hall–Kier alpha value is -2.62. The van der Waals surface area contributed by atoms with Crippen LogP contribution < -0.4 is 4.90 Å². The summed E-state index contributed by atoms with van der Waals surface area (Å²) in [5.74, 6) is 0.448. The summed E-state index contributed by atoms with van der Waals surface area (Å²) < 4.78 is 0. The normalized spacial score (nSPS) is 18.7. The number of nitro benzene ring substituents is 1. The Balaban J connectivity index is 1.72. The van der Waals surface area contributed by atoms with Crippen LogP contribution >= 0.6 is 0 Å². The lowest BCUT2D eigenvalue weighted by molar-refractivity contribution is -0.384. The highest BCUT2D eigenvalue weighted by Gasteiger charge is 2.29. The predicted octanol–water partition coefficient (Wildman–Crippen LogP) is 2.70. The fourth-order valence-corrected chi connectivity index (χ4v) is 3.81. The molecule has 0 radical (unpaired) electrons. The van der Waals surface area contributed by atoms with Gasteiger partial charge in [0.15, 0.2) is 0 Å². The third-order valence-electron chi connectivity index (χ3n) is 5.16. The lowest BCUT2D eigenvalue weighted by Crippen LogP contribution is -2.38. The van der Waals surface area contributed by atoms with Crippen molar-refractivity contribution in [3.8, 4) is 6.07 Å². The number of carbonyl (C=O) groups excluding carboxylic acids is 1. The molecule has 0 spiro atoms. The molecule has 1 aliphatic heterocycles. The minimum absolute atomic E-state index is 0.0758. The zero-order chi connectivity index (χ0) is 17.8. The van der Waals surface area contributed by atoms with Crippen LogP contribution in [0.3, 0.4) is 0 Å². The van der Waals surface area contributed by atoms with Crippen molar-refractivity contribution in [1.29, 1.82) is 5.26 Å². The van der Waals surface area contributed by atoms with E-state index in [9.17, 15) is 20.2 Å². The highest BCUT2D eigenvalue weighted by atomic mass is 16.6. The first kappa shape index (κ1) is 17.2. The summed E-state index contributed by atoms with van der Waals surface area (Å²) in [6.45, 7) is 2.75. The second-order valence-corrected chi connectivity index (χ2v) is 6.72. The molecule has 1 heterocycles. The predicted molar refractivity (Wildman–Crippen MR) is 93.2 cm³/mol. The van der Waals surface area contributed by atoms with E-state index >= 15 is 0 Å². The minimum Gasteiger partial charge on any atom is -0.369 e. The third-order valence-corrected chi connectivity index (χ3v) is 5.16. The number of carbonyl (C=O) groups is 1. The summed E-state index contributed by atoms with van der Waals surface area (Å²) in [6, 6.07) is 6.46. The van der Waals surface area contributed by atoms with Gasteiger partial charge in [0.2, 0.25) is 5.91 Å². The van der Waals surface area contributed by atoms with Crippen molar-refractivity contribution in [3.63, 3.8) is 0 Å². The van der Waals surface area contributed by atoms with Gasteiger partial charge in [-0.1, -0.05) is 12.8 Å². The zero-order valence-corrected chi connectivity index (χ0v) is 14.2. The van der Waals surface area contributed by atoms with Crippen molar-refractivity contribution in [2.45, 2.75) is 32.1 Å². The molecule has 7 nitrogen and oxygen atoms in total. The molecule has 3 rings (SSSR count). The van der Waals surface area contributed by atoms with Crippen LogP contribution in [0.15, 0.2) is 18.2 Å². The van der Waals surface area contributed by atoms with Gasteiger partial charge in [-0.2, -0.15) is 5.26 Å². The molecular weight excluding hydrogens is 320 g/mol. The third kappa shape index (κ3) is 3.73. The number of hydrogen-bond acceptors (Lipinski definition) is 5. The molecule has 25 heavy (non-hydrogen) atoms. The molecular formula is C18H22N4O3. The van der Waals surface area contributed by atoms with Crippen LogP contribution in [0.5, 0.6) is 0 Å². The number of nitrogens with zero attached hydrogens (tertiary/aromatic N) is 4. The molecule has 2 fully saturated rings. The maximum Gasteiger partial charge on any atom is 0.270 e. The Labute approximate surface area is 147 Å². The number of nitriles is 1. The molecule has 132 valence electrons. The Bertz CT molecular complexity index is 707. The highest BCUT2D eigenvalue weighted by molar-refractivity contribution is 5.79. The van der Waals surface area contributed by atoms with Crippen LogP contribution in [0.2, 0.25) is 0 Å². The molecule has 1 saturated heterocycles. The smallest absolute Gasteiger partial charge is 0.270 e. The van der Waals surface area contributed by atoms with Crippen LogP contribution in [0, 0.1) is 27.4 Å². The fraction of sp³-hybridized carbons (Fsp3) is 0.556. The lowest BCUT2D eigenvalue weighted by Gasteiger charge is -2.25. The summed E-state index contributed by atoms with van der Waals surface area (Å²) in [6.07, 6.45) is 5.12. The maximum atomic E-state index is 12.6. The molecule has 0 unspecified atom stereocenters. The second kappa shape index (κ2) is 7.51. The summed E-state index contributed by atoms with van der Waals surface area (Å²) in [5, 5.41) is 20.2. The van der Waals surface area contributed by atoms with Crippen molar-refractivity contribution in [3.05, 3.63) is 33.9 Å². The molecule has 1 aromatic carbocycles. The second-order valence-electron chi connectivity index (χ2n) is 6.72. The van der Waals surface area contributed by atoms with E-state index in [1.165, 1.54) is 12.1 Å². The van der Waals surface area contributed by atoms with Crippen molar-refractivity contribution in [2.75, 3.05) is 31.1 Å². The van der Waals surface area contributed by atoms with Gasteiger partial charge in [-0.05, 0) is 25.3 Å². The quantitative estimate of drug-likeness (QED) is 0.622. The number of hydrogen-bond donors (Lipinski definition) is 0. The van der Waals surface area contributed by atoms with Crippen LogP contribution in [0.4, 0.5) is 11.4 Å². The number of benzene rings is 1. The largest absolute Gasteiger partial charge is 0.369 e.